The molecule has 2 aromatic rings. The third-order valence-electron chi connectivity index (χ3n) is 2.90. The van der Waals surface area contributed by atoms with Crippen molar-refractivity contribution in [1.82, 2.24) is 5.16 Å². The summed E-state index contributed by atoms with van der Waals surface area (Å²) in [6.45, 7) is 6.19. The monoisotopic (exact) mass is 231 g/mol. The van der Waals surface area contributed by atoms with Crippen LogP contribution in [0.2, 0.25) is 0 Å². The largest absolute Gasteiger partial charge is 0.372 e. The molecule has 2 rings (SSSR count). The standard InChI is InChI=1S/C13H17N3O/c1-3-16(4-2)12-8-6-5-7-10(12)11-9-15-17-13(11)14/h5-9H,3-4,14H2,1-2H3. The highest BCUT2D eigenvalue weighted by Crippen LogP contribution is 2.33. The number of anilines is 2. The molecule has 4 nitrogen and oxygen atoms in total. The molecule has 0 radical (unpaired) electrons. The molecular formula is C13H17N3O. The van der Waals surface area contributed by atoms with E-state index < -0.39 is 0 Å². The fraction of sp³-hybridized carbons (Fsp3) is 0.308. The number of para-hydroxylation sites is 1. The van der Waals surface area contributed by atoms with Crippen molar-refractivity contribution < 1.29 is 4.52 Å². The molecule has 1 aromatic heterocycles. The van der Waals surface area contributed by atoms with E-state index in [4.69, 9.17) is 10.3 Å². The Morgan fingerprint density at radius 1 is 1.18 bits per heavy atom. The summed E-state index contributed by atoms with van der Waals surface area (Å²) >= 11 is 0. The quantitative estimate of drug-likeness (QED) is 0.879. The fourth-order valence-electron chi connectivity index (χ4n) is 1.99. The van der Waals surface area contributed by atoms with E-state index in [1.165, 1.54) is 0 Å². The first kappa shape index (κ1) is 11.5. The fourth-order valence-corrected chi connectivity index (χ4v) is 1.99. The lowest BCUT2D eigenvalue weighted by molar-refractivity contribution is 0.436. The zero-order valence-electron chi connectivity index (χ0n) is 10.2. The zero-order chi connectivity index (χ0) is 12.3. The van der Waals surface area contributed by atoms with E-state index in [0.717, 1.165) is 29.9 Å². The van der Waals surface area contributed by atoms with Gasteiger partial charge in [0.15, 0.2) is 0 Å². The second-order valence-corrected chi connectivity index (χ2v) is 3.79. The molecule has 17 heavy (non-hydrogen) atoms. The Morgan fingerprint density at radius 3 is 2.47 bits per heavy atom. The van der Waals surface area contributed by atoms with Crippen molar-refractivity contribution in [2.24, 2.45) is 0 Å². The van der Waals surface area contributed by atoms with E-state index in [9.17, 15) is 0 Å². The van der Waals surface area contributed by atoms with Gasteiger partial charge < -0.3 is 15.2 Å². The van der Waals surface area contributed by atoms with Gasteiger partial charge in [0, 0.05) is 24.3 Å². The van der Waals surface area contributed by atoms with Crippen LogP contribution < -0.4 is 10.6 Å². The highest BCUT2D eigenvalue weighted by molar-refractivity contribution is 5.83. The van der Waals surface area contributed by atoms with Gasteiger partial charge in [0.2, 0.25) is 5.88 Å². The molecule has 0 aliphatic carbocycles. The Kier molecular flexibility index (Phi) is 3.32. The van der Waals surface area contributed by atoms with Crippen LogP contribution in [0.15, 0.2) is 35.0 Å². The van der Waals surface area contributed by atoms with Gasteiger partial charge in [-0.3, -0.25) is 0 Å². The number of hydrogen-bond acceptors (Lipinski definition) is 4. The summed E-state index contributed by atoms with van der Waals surface area (Å²) in [5, 5.41) is 3.73. The summed E-state index contributed by atoms with van der Waals surface area (Å²) in [4.78, 5) is 2.28. The van der Waals surface area contributed by atoms with Crippen molar-refractivity contribution in [2.45, 2.75) is 13.8 Å². The van der Waals surface area contributed by atoms with Crippen molar-refractivity contribution in [3.8, 4) is 11.1 Å². The Bertz CT molecular complexity index is 489. The molecule has 0 atom stereocenters. The molecule has 90 valence electrons. The molecule has 0 saturated heterocycles. The maximum absolute atomic E-state index is 5.78. The van der Waals surface area contributed by atoms with Gasteiger partial charge in [0.25, 0.3) is 0 Å². The topological polar surface area (TPSA) is 55.3 Å². The van der Waals surface area contributed by atoms with Crippen molar-refractivity contribution in [3.05, 3.63) is 30.5 Å². The molecule has 0 aliphatic rings. The normalized spacial score (nSPS) is 10.5. The maximum atomic E-state index is 5.78. The van der Waals surface area contributed by atoms with Crippen LogP contribution in [0.1, 0.15) is 13.8 Å². The highest BCUT2D eigenvalue weighted by atomic mass is 16.5. The van der Waals surface area contributed by atoms with Crippen LogP contribution in [0, 0.1) is 0 Å². The van der Waals surface area contributed by atoms with Crippen molar-refractivity contribution in [3.63, 3.8) is 0 Å². The molecule has 0 unspecified atom stereocenters. The number of nitrogen functional groups attached to an aromatic ring is 1. The molecule has 0 fully saturated rings. The molecule has 1 heterocycles. The SMILES string of the molecule is CCN(CC)c1ccccc1-c1cnoc1N. The van der Waals surface area contributed by atoms with E-state index in [1.54, 1.807) is 6.20 Å². The average molecular weight is 231 g/mol. The summed E-state index contributed by atoms with van der Waals surface area (Å²) in [5.41, 5.74) is 8.86. The first-order chi connectivity index (χ1) is 8.27. The lowest BCUT2D eigenvalue weighted by Crippen LogP contribution is -2.22. The van der Waals surface area contributed by atoms with Crippen molar-refractivity contribution in [1.29, 1.82) is 0 Å². The summed E-state index contributed by atoms with van der Waals surface area (Å²) in [6, 6.07) is 8.15. The Hall–Kier alpha value is -1.97. The van der Waals surface area contributed by atoms with Crippen LogP contribution >= 0.6 is 0 Å². The molecule has 1 aromatic carbocycles. The second-order valence-electron chi connectivity index (χ2n) is 3.79. The summed E-state index contributed by atoms with van der Waals surface area (Å²) in [5.74, 6) is 0.365. The Labute approximate surface area is 101 Å². The smallest absolute Gasteiger partial charge is 0.230 e. The van der Waals surface area contributed by atoms with E-state index in [-0.39, 0.29) is 0 Å². The number of rotatable bonds is 4. The van der Waals surface area contributed by atoms with Gasteiger partial charge in [-0.05, 0) is 19.9 Å². The van der Waals surface area contributed by atoms with Gasteiger partial charge in [0.05, 0.1) is 11.8 Å². The summed E-state index contributed by atoms with van der Waals surface area (Å²) < 4.78 is 4.93. The van der Waals surface area contributed by atoms with Crippen LogP contribution in [0.3, 0.4) is 0 Å². The molecule has 4 heteroatoms. The van der Waals surface area contributed by atoms with Crippen molar-refractivity contribution in [2.75, 3.05) is 23.7 Å². The molecule has 0 spiro atoms. The first-order valence-corrected chi connectivity index (χ1v) is 5.82. The molecule has 0 amide bonds. The molecule has 2 N–H and O–H groups in total. The minimum Gasteiger partial charge on any atom is -0.372 e. The maximum Gasteiger partial charge on any atom is 0.230 e. The average Bonchev–Trinajstić information content (AvgIpc) is 2.78. The van der Waals surface area contributed by atoms with E-state index in [1.807, 2.05) is 18.2 Å². The Balaban J connectivity index is 2.51. The number of hydrogen-bond donors (Lipinski definition) is 1. The number of nitrogens with two attached hydrogens (primary N) is 1. The van der Waals surface area contributed by atoms with Gasteiger partial charge in [0.1, 0.15) is 0 Å². The minimum absolute atomic E-state index is 0.365. The minimum atomic E-state index is 0.365. The molecular weight excluding hydrogens is 214 g/mol. The van der Waals surface area contributed by atoms with Gasteiger partial charge in [-0.1, -0.05) is 23.4 Å². The highest BCUT2D eigenvalue weighted by Gasteiger charge is 2.13. The van der Waals surface area contributed by atoms with Crippen molar-refractivity contribution >= 4 is 11.6 Å². The number of aromatic nitrogens is 1. The lowest BCUT2D eigenvalue weighted by Gasteiger charge is -2.23. The molecule has 0 bridgehead atoms. The van der Waals surface area contributed by atoms with E-state index >= 15 is 0 Å². The van der Waals surface area contributed by atoms with Gasteiger partial charge in [-0.2, -0.15) is 0 Å². The zero-order valence-corrected chi connectivity index (χ0v) is 10.2. The predicted octanol–water partition coefficient (Wildman–Crippen LogP) is 2.77. The van der Waals surface area contributed by atoms with Crippen LogP contribution in [0.25, 0.3) is 11.1 Å². The van der Waals surface area contributed by atoms with Gasteiger partial charge >= 0.3 is 0 Å². The second kappa shape index (κ2) is 4.91. The first-order valence-electron chi connectivity index (χ1n) is 5.82. The lowest BCUT2D eigenvalue weighted by atomic mass is 10.1. The number of nitrogens with zero attached hydrogens (tertiary/aromatic N) is 2. The Morgan fingerprint density at radius 2 is 1.88 bits per heavy atom. The van der Waals surface area contributed by atoms with E-state index in [2.05, 4.69) is 30.0 Å². The predicted molar refractivity (Wildman–Crippen MR) is 69.9 cm³/mol. The van der Waals surface area contributed by atoms with Crippen LogP contribution in [0.5, 0.6) is 0 Å². The molecule has 0 saturated carbocycles. The summed E-state index contributed by atoms with van der Waals surface area (Å²) in [6.07, 6.45) is 1.66. The molecule has 0 aliphatic heterocycles. The number of benzene rings is 1. The van der Waals surface area contributed by atoms with Crippen LogP contribution in [-0.2, 0) is 0 Å². The third-order valence-corrected chi connectivity index (χ3v) is 2.90. The van der Waals surface area contributed by atoms with Gasteiger partial charge in [-0.15, -0.1) is 0 Å². The van der Waals surface area contributed by atoms with Crippen LogP contribution in [-0.4, -0.2) is 18.2 Å². The van der Waals surface area contributed by atoms with E-state index in [0.29, 0.717) is 5.88 Å². The van der Waals surface area contributed by atoms with Crippen LogP contribution in [0.4, 0.5) is 11.6 Å². The summed E-state index contributed by atoms with van der Waals surface area (Å²) in [7, 11) is 0. The van der Waals surface area contributed by atoms with Gasteiger partial charge in [-0.25, -0.2) is 0 Å². The third kappa shape index (κ3) is 2.11.